The normalized spacial score (nSPS) is 27.8. The van der Waals surface area contributed by atoms with Gasteiger partial charge in [-0.15, -0.1) is 0 Å². The van der Waals surface area contributed by atoms with Gasteiger partial charge in [0.2, 0.25) is 0 Å². The highest BCUT2D eigenvalue weighted by Crippen LogP contribution is 2.42. The summed E-state index contributed by atoms with van der Waals surface area (Å²) in [6.07, 6.45) is -0.475. The van der Waals surface area contributed by atoms with E-state index in [1.54, 1.807) is 0 Å². The Morgan fingerprint density at radius 1 is 1.29 bits per heavy atom. The summed E-state index contributed by atoms with van der Waals surface area (Å²) < 4.78 is 6.03. The molecule has 24 heavy (non-hydrogen) atoms. The minimum Gasteiger partial charge on any atom is -0.465 e. The van der Waals surface area contributed by atoms with Crippen LogP contribution in [0.25, 0.3) is 0 Å². The minimum absolute atomic E-state index is 0.204. The molecule has 0 saturated carbocycles. The molecule has 1 aliphatic heterocycles. The fourth-order valence-electron chi connectivity index (χ4n) is 4.15. The predicted molar refractivity (Wildman–Crippen MR) is 92.1 cm³/mol. The number of hydrogen-bond donors (Lipinski definition) is 2. The summed E-state index contributed by atoms with van der Waals surface area (Å²) >= 11 is 0. The maximum absolute atomic E-state index is 11.7. The molecule has 1 amide bonds. The molecule has 1 aromatic carbocycles. The van der Waals surface area contributed by atoms with Crippen molar-refractivity contribution in [2.45, 2.75) is 32.0 Å². The van der Waals surface area contributed by atoms with Crippen LogP contribution in [0.5, 0.6) is 0 Å². The molecular formula is C18H27N3O3. The molecule has 2 aliphatic rings. The van der Waals surface area contributed by atoms with Crippen LogP contribution < -0.4 is 5.32 Å². The highest BCUT2D eigenvalue weighted by atomic mass is 16.5. The monoisotopic (exact) mass is 333 g/mol. The second-order valence-electron chi connectivity index (χ2n) is 6.42. The Morgan fingerprint density at radius 2 is 2.00 bits per heavy atom. The number of fused-ring (bicyclic) bond motifs is 1. The van der Waals surface area contributed by atoms with Gasteiger partial charge >= 0.3 is 6.09 Å². The molecule has 1 aliphatic carbocycles. The number of amides is 1. The third kappa shape index (κ3) is 2.90. The Balaban J connectivity index is 2.01. The topological polar surface area (TPSA) is 65.0 Å². The SMILES string of the molecule is CCO[C@@H]1Cc2ccccc2[C@@]1(NC(=O)O)N1CCN(CC)CC1. The third-order valence-electron chi connectivity index (χ3n) is 5.28. The lowest BCUT2D eigenvalue weighted by Gasteiger charge is -2.48. The molecule has 1 fully saturated rings. The molecule has 0 radical (unpaired) electrons. The fraction of sp³-hybridized carbons (Fsp3) is 0.611. The van der Waals surface area contributed by atoms with Crippen molar-refractivity contribution in [3.63, 3.8) is 0 Å². The molecule has 1 heterocycles. The lowest BCUT2D eigenvalue weighted by molar-refractivity contribution is -0.0925. The standard InChI is InChI=1S/C18H27N3O3/c1-3-20-9-11-21(12-10-20)18(19-17(22)23)15-8-6-5-7-14(15)13-16(18)24-4-2/h5-8,16,19H,3-4,9-13H2,1-2H3,(H,22,23)/t16-,18-/m1/s1. The van der Waals surface area contributed by atoms with Gasteiger partial charge < -0.3 is 14.7 Å². The largest absolute Gasteiger partial charge is 0.465 e. The van der Waals surface area contributed by atoms with Crippen molar-refractivity contribution in [3.8, 4) is 0 Å². The van der Waals surface area contributed by atoms with Gasteiger partial charge in [0.05, 0.1) is 0 Å². The molecule has 6 nitrogen and oxygen atoms in total. The molecule has 1 saturated heterocycles. The van der Waals surface area contributed by atoms with Gasteiger partial charge in [0, 0.05) is 39.2 Å². The molecule has 2 N–H and O–H groups in total. The Morgan fingerprint density at radius 3 is 2.62 bits per heavy atom. The third-order valence-corrected chi connectivity index (χ3v) is 5.28. The number of carboxylic acid groups (broad SMARTS) is 1. The molecule has 6 heteroatoms. The number of rotatable bonds is 5. The summed E-state index contributed by atoms with van der Waals surface area (Å²) in [5.74, 6) is 0. The van der Waals surface area contributed by atoms with Crippen LogP contribution in [0.3, 0.4) is 0 Å². The summed E-state index contributed by atoms with van der Waals surface area (Å²) in [7, 11) is 0. The molecular weight excluding hydrogens is 306 g/mol. The van der Waals surface area contributed by atoms with Crippen LogP contribution in [-0.2, 0) is 16.8 Å². The van der Waals surface area contributed by atoms with E-state index in [2.05, 4.69) is 28.1 Å². The van der Waals surface area contributed by atoms with Gasteiger partial charge in [-0.1, -0.05) is 31.2 Å². The molecule has 0 bridgehead atoms. The van der Waals surface area contributed by atoms with E-state index in [9.17, 15) is 9.90 Å². The van der Waals surface area contributed by atoms with Gasteiger partial charge in [-0.3, -0.25) is 10.2 Å². The first-order valence-corrected chi connectivity index (χ1v) is 8.80. The number of ether oxygens (including phenoxy) is 1. The summed E-state index contributed by atoms with van der Waals surface area (Å²) in [6, 6.07) is 8.10. The number of carbonyl (C=O) groups is 1. The average molecular weight is 333 g/mol. The van der Waals surface area contributed by atoms with E-state index < -0.39 is 11.8 Å². The molecule has 0 aromatic heterocycles. The van der Waals surface area contributed by atoms with Crippen molar-refractivity contribution in [2.24, 2.45) is 0 Å². The van der Waals surface area contributed by atoms with E-state index in [0.717, 1.165) is 44.7 Å². The number of piperazine rings is 1. The lowest BCUT2D eigenvalue weighted by atomic mass is 9.96. The number of nitrogens with one attached hydrogen (secondary N) is 1. The van der Waals surface area contributed by atoms with Gasteiger partial charge in [-0.25, -0.2) is 4.79 Å². The highest BCUT2D eigenvalue weighted by molar-refractivity contribution is 5.67. The Labute approximate surface area is 143 Å². The van der Waals surface area contributed by atoms with Gasteiger partial charge in [-0.2, -0.15) is 0 Å². The maximum atomic E-state index is 11.7. The lowest BCUT2D eigenvalue weighted by Crippen LogP contribution is -2.66. The van der Waals surface area contributed by atoms with Crippen molar-refractivity contribution in [3.05, 3.63) is 35.4 Å². The number of likely N-dealkylation sites (N-methyl/N-ethyl adjacent to an activating group) is 1. The van der Waals surface area contributed by atoms with Gasteiger partial charge in [0.1, 0.15) is 11.8 Å². The second-order valence-corrected chi connectivity index (χ2v) is 6.42. The van der Waals surface area contributed by atoms with E-state index in [4.69, 9.17) is 4.74 Å². The highest BCUT2D eigenvalue weighted by Gasteiger charge is 2.53. The van der Waals surface area contributed by atoms with Gasteiger partial charge in [0.25, 0.3) is 0 Å². The van der Waals surface area contributed by atoms with Gasteiger partial charge in [-0.05, 0) is 24.6 Å². The number of benzene rings is 1. The van der Waals surface area contributed by atoms with E-state index in [1.807, 2.05) is 25.1 Å². The van der Waals surface area contributed by atoms with Crippen molar-refractivity contribution in [1.29, 1.82) is 0 Å². The fourth-order valence-corrected chi connectivity index (χ4v) is 4.15. The van der Waals surface area contributed by atoms with Crippen LogP contribution in [0.1, 0.15) is 25.0 Å². The summed E-state index contributed by atoms with van der Waals surface area (Å²) in [6.45, 7) is 9.26. The van der Waals surface area contributed by atoms with Crippen molar-refractivity contribution < 1.29 is 14.6 Å². The van der Waals surface area contributed by atoms with Crippen LogP contribution in [0, 0.1) is 0 Å². The van der Waals surface area contributed by atoms with Crippen LogP contribution >= 0.6 is 0 Å². The van der Waals surface area contributed by atoms with Crippen LogP contribution in [-0.4, -0.2) is 66.4 Å². The van der Waals surface area contributed by atoms with E-state index in [0.29, 0.717) is 6.61 Å². The Kier molecular flexibility index (Phi) is 5.08. The summed E-state index contributed by atoms with van der Waals surface area (Å²) in [5, 5.41) is 12.4. The van der Waals surface area contributed by atoms with Crippen molar-refractivity contribution in [2.75, 3.05) is 39.3 Å². The predicted octanol–water partition coefficient (Wildman–Crippen LogP) is 1.71. The van der Waals surface area contributed by atoms with Crippen LogP contribution in [0.4, 0.5) is 4.79 Å². The smallest absolute Gasteiger partial charge is 0.406 e. The first-order valence-electron chi connectivity index (χ1n) is 8.80. The zero-order valence-corrected chi connectivity index (χ0v) is 14.5. The van der Waals surface area contributed by atoms with E-state index in [-0.39, 0.29) is 6.10 Å². The number of hydrogen-bond acceptors (Lipinski definition) is 4. The van der Waals surface area contributed by atoms with Crippen LogP contribution in [0.2, 0.25) is 0 Å². The summed E-state index contributed by atoms with van der Waals surface area (Å²) in [5.41, 5.74) is 1.41. The maximum Gasteiger partial charge on any atom is 0.406 e. The molecule has 3 rings (SSSR count). The molecule has 132 valence electrons. The molecule has 1 aromatic rings. The van der Waals surface area contributed by atoms with Crippen molar-refractivity contribution >= 4 is 6.09 Å². The van der Waals surface area contributed by atoms with E-state index in [1.165, 1.54) is 5.56 Å². The van der Waals surface area contributed by atoms with Gasteiger partial charge in [0.15, 0.2) is 0 Å². The molecule has 0 spiro atoms. The molecule has 0 unspecified atom stereocenters. The average Bonchev–Trinajstić information content (AvgIpc) is 2.89. The molecule has 2 atom stereocenters. The minimum atomic E-state index is -1.01. The van der Waals surface area contributed by atoms with Crippen LogP contribution in [0.15, 0.2) is 24.3 Å². The second kappa shape index (κ2) is 7.09. The first-order chi connectivity index (χ1) is 11.6. The Bertz CT molecular complexity index is 587. The Hall–Kier alpha value is -1.63. The van der Waals surface area contributed by atoms with E-state index >= 15 is 0 Å². The van der Waals surface area contributed by atoms with Crippen molar-refractivity contribution in [1.82, 2.24) is 15.1 Å². The number of nitrogens with zero attached hydrogens (tertiary/aromatic N) is 2. The quantitative estimate of drug-likeness (QED) is 0.859. The first kappa shape index (κ1) is 17.2. The zero-order valence-electron chi connectivity index (χ0n) is 14.5. The zero-order chi connectivity index (χ0) is 17.2. The summed E-state index contributed by atoms with van der Waals surface area (Å²) in [4.78, 5) is 16.3.